The predicted octanol–water partition coefficient (Wildman–Crippen LogP) is -7.44. The van der Waals surface area contributed by atoms with Crippen molar-refractivity contribution in [2.24, 2.45) is 16.8 Å². The minimum absolute atomic E-state index is 0.0304. The van der Waals surface area contributed by atoms with E-state index in [0.29, 0.717) is 6.42 Å². The predicted molar refractivity (Wildman–Crippen MR) is 243 cm³/mol. The van der Waals surface area contributed by atoms with Crippen LogP contribution in [0.1, 0.15) is 54.4 Å². The van der Waals surface area contributed by atoms with Gasteiger partial charge in [-0.3, -0.25) is 43.9 Å². The Morgan fingerprint density at radius 3 is 1.94 bits per heavy atom. The van der Waals surface area contributed by atoms with Gasteiger partial charge in [0.1, 0.15) is 54.9 Å². The summed E-state index contributed by atoms with van der Waals surface area (Å²) in [7, 11) is 0. The van der Waals surface area contributed by atoms with E-state index in [0.717, 1.165) is 4.90 Å². The lowest BCUT2D eigenvalue weighted by atomic mass is 9.88. The molecule has 28 nitrogen and oxygen atoms in total. The Morgan fingerprint density at radius 1 is 0.743 bits per heavy atom. The van der Waals surface area contributed by atoms with Crippen LogP contribution in [0.15, 0.2) is 4.99 Å². The van der Waals surface area contributed by atoms with E-state index in [9.17, 15) is 69.3 Å². The molecule has 0 saturated carbocycles. The number of hydrogen-bond acceptors (Lipinski definition) is 21. The average Bonchev–Trinajstić information content (AvgIpc) is 3.31. The smallest absolute Gasteiger partial charge is 0.325 e. The fraction of sp³-hybridized carbons (Fsp3) is 0.810. The van der Waals surface area contributed by atoms with Crippen LogP contribution in [0, 0.1) is 11.8 Å². The van der Waals surface area contributed by atoms with Gasteiger partial charge in [-0.1, -0.05) is 27.7 Å². The van der Waals surface area contributed by atoms with Crippen LogP contribution in [0.5, 0.6) is 0 Å². The number of nitrogens with zero attached hydrogens (tertiary/aromatic N) is 2. The number of aliphatic hydroxyl groups excluding tert-OH is 7. The third-order valence-corrected chi connectivity index (χ3v) is 11.4. The second-order valence-electron chi connectivity index (χ2n) is 17.3. The molecular weight excluding hydrogens is 935 g/mol. The van der Waals surface area contributed by atoms with Gasteiger partial charge in [-0.2, -0.15) is 0 Å². The zero-order chi connectivity index (χ0) is 52.8. The maximum atomic E-state index is 13.2. The van der Waals surface area contributed by atoms with Gasteiger partial charge in [0.15, 0.2) is 18.6 Å². The summed E-state index contributed by atoms with van der Waals surface area (Å²) in [5.74, 6) is -6.16. The molecule has 0 aromatic carbocycles. The minimum Gasteiger partial charge on any atom is -0.480 e. The Morgan fingerprint density at radius 2 is 1.36 bits per heavy atom. The fourth-order valence-electron chi connectivity index (χ4n) is 7.18. The van der Waals surface area contributed by atoms with Crippen molar-refractivity contribution in [2.45, 2.75) is 140 Å². The molecule has 2 saturated heterocycles. The number of hydrogen-bond donors (Lipinski definition) is 15. The molecule has 2 aliphatic heterocycles. The zero-order valence-corrected chi connectivity index (χ0v) is 40.4. The number of rotatable bonds is 31. The number of ether oxygens (including phenoxy) is 4. The van der Waals surface area contributed by atoms with Gasteiger partial charge >= 0.3 is 5.97 Å². The first-order chi connectivity index (χ1) is 33.0. The number of carboxylic acid groups (broad SMARTS) is 1. The monoisotopic (exact) mass is 1010 g/mol. The molecule has 15 unspecified atom stereocenters. The second-order valence-corrected chi connectivity index (χ2v) is 17.3. The lowest BCUT2D eigenvalue weighted by Crippen LogP contribution is -2.63. The third kappa shape index (κ3) is 19.6. The maximum absolute atomic E-state index is 13.2. The van der Waals surface area contributed by atoms with E-state index < -0.39 is 166 Å². The van der Waals surface area contributed by atoms with Gasteiger partial charge < -0.3 is 96.6 Å². The highest BCUT2D eigenvalue weighted by atomic mass is 16.7. The van der Waals surface area contributed by atoms with Crippen molar-refractivity contribution < 1.29 is 93.4 Å². The maximum Gasteiger partial charge on any atom is 0.325 e. The molecule has 28 heteroatoms. The number of aliphatic imine (C=N–C) groups is 1. The molecule has 402 valence electrons. The first-order valence-corrected chi connectivity index (χ1v) is 23.1. The molecule has 0 aromatic rings. The highest BCUT2D eigenvalue weighted by Crippen LogP contribution is 2.34. The molecule has 0 aliphatic carbocycles. The molecule has 15 N–H and O–H groups in total. The van der Waals surface area contributed by atoms with Crippen LogP contribution in [-0.4, -0.2) is 245 Å². The van der Waals surface area contributed by atoms with E-state index in [1.165, 1.54) is 13.8 Å². The molecule has 2 rings (SSSR count). The van der Waals surface area contributed by atoms with Gasteiger partial charge in [0, 0.05) is 25.0 Å². The lowest BCUT2D eigenvalue weighted by molar-refractivity contribution is -0.353. The van der Waals surface area contributed by atoms with E-state index in [-0.39, 0.29) is 44.6 Å². The van der Waals surface area contributed by atoms with Crippen LogP contribution in [0.2, 0.25) is 0 Å². The Hall–Kier alpha value is -4.56. The fourth-order valence-corrected chi connectivity index (χ4v) is 7.18. The highest BCUT2D eigenvalue weighted by Gasteiger charge is 2.51. The number of nitrogens with one attached hydrogen (secondary N) is 7. The van der Waals surface area contributed by atoms with Gasteiger partial charge in [0.25, 0.3) is 0 Å². The summed E-state index contributed by atoms with van der Waals surface area (Å²) in [6, 6.07) is -3.82. The topological polar surface area (TPSA) is 418 Å². The number of aliphatic hydroxyl groups is 7. The Bertz CT molecular complexity index is 1700. The van der Waals surface area contributed by atoms with Gasteiger partial charge in [0.2, 0.25) is 35.4 Å². The highest BCUT2D eigenvalue weighted by molar-refractivity contribution is 5.92. The molecule has 0 aromatic heterocycles. The molecule has 0 bridgehead atoms. The number of carboxylic acids is 1. The van der Waals surface area contributed by atoms with Gasteiger partial charge in [-0.05, 0) is 39.3 Å². The Kier molecular flexibility index (Phi) is 27.3. The molecule has 2 fully saturated rings. The third-order valence-electron chi connectivity index (χ3n) is 11.4. The van der Waals surface area contributed by atoms with Crippen molar-refractivity contribution in [3.63, 3.8) is 0 Å². The molecule has 0 radical (unpaired) electrons. The summed E-state index contributed by atoms with van der Waals surface area (Å²) in [5, 5.41) is 98.7. The first kappa shape index (κ1) is 61.6. The second kappa shape index (κ2) is 31.0. The van der Waals surface area contributed by atoms with Crippen molar-refractivity contribution >= 4 is 48.1 Å². The van der Waals surface area contributed by atoms with Gasteiger partial charge in [0.05, 0.1) is 58.6 Å². The summed E-state index contributed by atoms with van der Waals surface area (Å²) < 4.78 is 23.0. The Labute approximate surface area is 405 Å². The molecule has 6 amide bonds. The van der Waals surface area contributed by atoms with Gasteiger partial charge in [-0.15, -0.1) is 0 Å². The van der Waals surface area contributed by atoms with Crippen LogP contribution in [0.4, 0.5) is 0 Å². The van der Waals surface area contributed by atoms with E-state index >= 15 is 0 Å². The van der Waals surface area contributed by atoms with Crippen LogP contribution in [0.25, 0.3) is 0 Å². The van der Waals surface area contributed by atoms with Crippen LogP contribution in [0.3, 0.4) is 0 Å². The number of amides is 6. The van der Waals surface area contributed by atoms with E-state index in [1.54, 1.807) is 13.8 Å². The number of carbonyl (C=O) groups is 7. The van der Waals surface area contributed by atoms with Crippen molar-refractivity contribution in [1.29, 1.82) is 0 Å². The zero-order valence-electron chi connectivity index (χ0n) is 40.4. The molecular formula is C42H75N9O19. The van der Waals surface area contributed by atoms with Crippen LogP contribution >= 0.6 is 0 Å². The van der Waals surface area contributed by atoms with E-state index in [2.05, 4.69) is 48.9 Å². The van der Waals surface area contributed by atoms with Crippen molar-refractivity contribution in [3.05, 3.63) is 0 Å². The number of aliphatic carboxylic acids is 1. The summed E-state index contributed by atoms with van der Waals surface area (Å²) >= 11 is 0. The Balaban J connectivity index is 1.85. The normalized spacial score (nSPS) is 26.7. The first-order valence-electron chi connectivity index (χ1n) is 23.1. The van der Waals surface area contributed by atoms with E-state index in [1.807, 2.05) is 13.8 Å². The van der Waals surface area contributed by atoms with Gasteiger partial charge in [-0.25, -0.2) is 0 Å². The number of carbonyl (C=O) groups excluding carboxylic acids is 6. The van der Waals surface area contributed by atoms with Crippen molar-refractivity contribution in [1.82, 2.24) is 42.1 Å². The largest absolute Gasteiger partial charge is 0.480 e. The molecule has 2 aliphatic rings. The molecule has 15 atom stereocenters. The lowest BCUT2D eigenvalue weighted by Gasteiger charge is -2.47. The molecule has 2 heterocycles. The van der Waals surface area contributed by atoms with Crippen molar-refractivity contribution in [3.8, 4) is 0 Å². The summed E-state index contributed by atoms with van der Waals surface area (Å²) in [6.07, 6.45) is -14.1. The standard InChI is InChI=1S/C42H75N9O19/c1-8-10-51(16-31(57)45-13-29(55)48-21(5)38(63)46-14-30(56)50-24(20(3)4)11-44-12-28(54)49-22(6)40(65)66)32(58)15-47-39(64)25(43-7)19-67-41-23(9-2)37(34(60)27(18-53)68-41)70-42-36(62)35(61)33(59)26(17-52)69-42/h20-27,30,33-37,41-42,44,50,52-53,56,59-62H,7-19H2,1-6H3,(H,45,57)(H,46,63)(H,47,64)(H,48,55)(H,49,54)(H,65,66). The van der Waals surface area contributed by atoms with Crippen LogP contribution < -0.4 is 37.2 Å². The summed E-state index contributed by atoms with van der Waals surface area (Å²) in [5.41, 5.74) is 0. The quantitative estimate of drug-likeness (QED) is 0.0227. The van der Waals surface area contributed by atoms with Crippen LogP contribution in [-0.2, 0) is 52.5 Å². The SMILES string of the molecule is C=NC(COC1OC(CO)C(O)C(OC2OC(CO)C(O)C(O)C2O)C1CC)C(=O)NCC(=O)N(CCC)CC(=O)NCC(=O)NC(C)C(=O)NCC(O)NC(CNCC(=O)NC(C)C(=O)O)C(C)C. The average molecular weight is 1010 g/mol. The van der Waals surface area contributed by atoms with Crippen molar-refractivity contribution in [2.75, 3.05) is 65.6 Å². The molecule has 0 spiro atoms. The molecule has 70 heavy (non-hydrogen) atoms. The van der Waals surface area contributed by atoms with E-state index in [4.69, 9.17) is 24.1 Å². The minimum atomic E-state index is -1.79. The summed E-state index contributed by atoms with van der Waals surface area (Å²) in [4.78, 5) is 92.2. The summed E-state index contributed by atoms with van der Waals surface area (Å²) in [6.45, 7) is 9.63.